The number of rotatable bonds is 9. The molecule has 0 fully saturated rings. The number of aliphatic hydroxyl groups excluding tert-OH is 1. The Morgan fingerprint density at radius 1 is 1.04 bits per heavy atom. The van der Waals surface area contributed by atoms with E-state index in [4.69, 9.17) is 4.74 Å². The summed E-state index contributed by atoms with van der Waals surface area (Å²) < 4.78 is 9.56. The van der Waals surface area contributed by atoms with Crippen LogP contribution in [0.1, 0.15) is 19.4 Å². The molecule has 0 amide bonds. The maximum absolute atomic E-state index is 9.79. The van der Waals surface area contributed by atoms with Crippen molar-refractivity contribution >= 4 is 0 Å². The molecule has 1 aromatic carbocycles. The predicted molar refractivity (Wildman–Crippen MR) is 82.5 cm³/mol. The van der Waals surface area contributed by atoms with E-state index in [2.05, 4.69) is 10.1 Å². The van der Waals surface area contributed by atoms with Crippen molar-refractivity contribution in [2.24, 2.45) is 0 Å². The SMILES string of the molecule is COC(O)(O)C(O)(O)c1ccc(OCC(O)CNC(C)(C)O)cc1. The van der Waals surface area contributed by atoms with Crippen LogP contribution < -0.4 is 10.1 Å². The van der Waals surface area contributed by atoms with E-state index in [1.165, 1.54) is 38.1 Å². The molecule has 0 aliphatic carbocycles. The summed E-state index contributed by atoms with van der Waals surface area (Å²) in [5, 5.41) is 60.3. The monoisotopic (exact) mass is 347 g/mol. The van der Waals surface area contributed by atoms with Gasteiger partial charge in [-0.1, -0.05) is 0 Å². The van der Waals surface area contributed by atoms with Crippen LogP contribution in [0.4, 0.5) is 0 Å². The number of aliphatic hydroxyl groups is 6. The average Bonchev–Trinajstić information content (AvgIpc) is 2.50. The summed E-state index contributed by atoms with van der Waals surface area (Å²) in [6.07, 6.45) is -0.873. The molecule has 1 unspecified atom stereocenters. The van der Waals surface area contributed by atoms with Crippen LogP contribution >= 0.6 is 0 Å². The molecule has 0 radical (unpaired) electrons. The zero-order valence-electron chi connectivity index (χ0n) is 13.8. The van der Waals surface area contributed by atoms with Crippen molar-refractivity contribution in [1.82, 2.24) is 5.32 Å². The van der Waals surface area contributed by atoms with E-state index in [-0.39, 0.29) is 18.7 Å². The molecule has 9 heteroatoms. The number of hydrogen-bond acceptors (Lipinski definition) is 9. The van der Waals surface area contributed by atoms with Crippen molar-refractivity contribution < 1.29 is 40.1 Å². The van der Waals surface area contributed by atoms with Gasteiger partial charge >= 0.3 is 5.97 Å². The highest BCUT2D eigenvalue weighted by Crippen LogP contribution is 2.30. The van der Waals surface area contributed by atoms with E-state index in [1.54, 1.807) is 0 Å². The second-order valence-electron chi connectivity index (χ2n) is 5.91. The molecule has 0 saturated heterocycles. The fraction of sp³-hybridized carbons (Fsp3) is 0.600. The van der Waals surface area contributed by atoms with Crippen LogP contribution in [-0.4, -0.2) is 68.7 Å². The summed E-state index contributed by atoms with van der Waals surface area (Å²) in [4.78, 5) is 0. The van der Waals surface area contributed by atoms with Gasteiger partial charge in [0.15, 0.2) is 0 Å². The lowest BCUT2D eigenvalue weighted by Crippen LogP contribution is -2.53. The van der Waals surface area contributed by atoms with Crippen LogP contribution in [0.15, 0.2) is 24.3 Å². The minimum Gasteiger partial charge on any atom is -0.491 e. The molecule has 0 bridgehead atoms. The fourth-order valence-electron chi connectivity index (χ4n) is 1.73. The molecule has 0 spiro atoms. The Morgan fingerprint density at radius 3 is 2.04 bits per heavy atom. The van der Waals surface area contributed by atoms with Crippen LogP contribution in [0.25, 0.3) is 0 Å². The quantitative estimate of drug-likeness (QED) is 0.256. The van der Waals surface area contributed by atoms with Gasteiger partial charge in [0, 0.05) is 19.2 Å². The van der Waals surface area contributed by atoms with Crippen LogP contribution in [0, 0.1) is 0 Å². The summed E-state index contributed by atoms with van der Waals surface area (Å²) in [5.74, 6) is -5.92. The molecule has 138 valence electrons. The smallest absolute Gasteiger partial charge is 0.339 e. The Bertz CT molecular complexity index is 509. The lowest BCUT2D eigenvalue weighted by Gasteiger charge is -2.33. The van der Waals surface area contributed by atoms with Gasteiger partial charge < -0.3 is 40.1 Å². The molecule has 0 saturated carbocycles. The van der Waals surface area contributed by atoms with E-state index in [1.807, 2.05) is 0 Å². The molecule has 24 heavy (non-hydrogen) atoms. The van der Waals surface area contributed by atoms with Crippen LogP contribution in [0.5, 0.6) is 5.75 Å². The molecule has 1 aromatic rings. The lowest BCUT2D eigenvalue weighted by atomic mass is 10.0. The van der Waals surface area contributed by atoms with Gasteiger partial charge in [-0.15, -0.1) is 0 Å². The first-order chi connectivity index (χ1) is 10.9. The third kappa shape index (κ3) is 5.65. The normalized spacial score (nSPS) is 14.5. The zero-order valence-corrected chi connectivity index (χ0v) is 13.8. The molecule has 7 N–H and O–H groups in total. The summed E-state index contributed by atoms with van der Waals surface area (Å²) in [6.45, 7) is 3.13. The average molecular weight is 347 g/mol. The Morgan fingerprint density at radius 2 is 1.58 bits per heavy atom. The minimum atomic E-state index is -3.19. The first-order valence-electron chi connectivity index (χ1n) is 7.22. The summed E-state index contributed by atoms with van der Waals surface area (Å²) >= 11 is 0. The standard InChI is InChI=1S/C15H25NO8/c1-13(2,18)16-8-11(17)9-24-12-6-4-10(5-7-12)14(19,20)15(21,22)23-3/h4-7,11,16-22H,8-9H2,1-3H3. The zero-order chi connectivity index (χ0) is 18.6. The third-order valence-electron chi connectivity index (χ3n) is 3.21. The van der Waals surface area contributed by atoms with E-state index >= 15 is 0 Å². The van der Waals surface area contributed by atoms with Gasteiger partial charge in [0.05, 0.1) is 0 Å². The largest absolute Gasteiger partial charge is 0.491 e. The number of ether oxygens (including phenoxy) is 2. The number of hydrogen-bond donors (Lipinski definition) is 7. The van der Waals surface area contributed by atoms with Crippen molar-refractivity contribution in [3.63, 3.8) is 0 Å². The number of benzene rings is 1. The van der Waals surface area contributed by atoms with Crippen molar-refractivity contribution in [3.05, 3.63) is 29.8 Å². The highest BCUT2D eigenvalue weighted by Gasteiger charge is 2.50. The van der Waals surface area contributed by atoms with Crippen molar-refractivity contribution in [2.45, 2.75) is 37.4 Å². The van der Waals surface area contributed by atoms with Gasteiger partial charge in [0.25, 0.3) is 5.79 Å². The molecule has 9 nitrogen and oxygen atoms in total. The molecule has 0 heterocycles. The maximum atomic E-state index is 9.79. The number of nitrogens with one attached hydrogen (secondary N) is 1. The molecule has 1 atom stereocenters. The van der Waals surface area contributed by atoms with Crippen molar-refractivity contribution in [2.75, 3.05) is 20.3 Å². The second-order valence-corrected chi connectivity index (χ2v) is 5.91. The van der Waals surface area contributed by atoms with Gasteiger partial charge in [-0.3, -0.25) is 5.32 Å². The molecular formula is C15H25NO8. The van der Waals surface area contributed by atoms with E-state index in [0.29, 0.717) is 5.75 Å². The Hall–Kier alpha value is -1.30. The summed E-state index contributed by atoms with van der Waals surface area (Å²) in [5.41, 5.74) is -1.35. The van der Waals surface area contributed by atoms with Gasteiger partial charge in [0.1, 0.15) is 24.2 Å². The Labute approximate surface area is 139 Å². The van der Waals surface area contributed by atoms with Crippen LogP contribution in [0.3, 0.4) is 0 Å². The van der Waals surface area contributed by atoms with Gasteiger partial charge in [-0.25, -0.2) is 0 Å². The fourth-order valence-corrected chi connectivity index (χ4v) is 1.73. The lowest BCUT2D eigenvalue weighted by molar-refractivity contribution is -0.461. The first kappa shape index (κ1) is 20.7. The summed E-state index contributed by atoms with van der Waals surface area (Å²) in [6, 6.07) is 5.13. The molecular weight excluding hydrogens is 322 g/mol. The first-order valence-corrected chi connectivity index (χ1v) is 7.22. The van der Waals surface area contributed by atoms with Gasteiger partial charge in [0.2, 0.25) is 0 Å². The van der Waals surface area contributed by atoms with E-state index in [9.17, 15) is 30.6 Å². The van der Waals surface area contributed by atoms with Gasteiger partial charge in [-0.05, 0) is 38.1 Å². The van der Waals surface area contributed by atoms with E-state index < -0.39 is 23.6 Å². The van der Waals surface area contributed by atoms with Crippen molar-refractivity contribution in [1.29, 1.82) is 0 Å². The van der Waals surface area contributed by atoms with Crippen LogP contribution in [-0.2, 0) is 10.5 Å². The Balaban J connectivity index is 2.62. The molecule has 0 aliphatic rings. The predicted octanol–water partition coefficient (Wildman–Crippen LogP) is -1.83. The topological polar surface area (TPSA) is 152 Å². The third-order valence-corrected chi connectivity index (χ3v) is 3.21. The summed E-state index contributed by atoms with van der Waals surface area (Å²) in [7, 11) is 0.905. The second kappa shape index (κ2) is 7.72. The van der Waals surface area contributed by atoms with Gasteiger partial charge in [-0.2, -0.15) is 0 Å². The maximum Gasteiger partial charge on any atom is 0.339 e. The molecule has 0 aromatic heterocycles. The highest BCUT2D eigenvalue weighted by atomic mass is 16.8. The van der Waals surface area contributed by atoms with Crippen LogP contribution in [0.2, 0.25) is 0 Å². The minimum absolute atomic E-state index is 0.0617. The Kier molecular flexibility index (Phi) is 6.67. The highest BCUT2D eigenvalue weighted by molar-refractivity contribution is 5.30. The number of methoxy groups -OCH3 is 1. The molecule has 0 aliphatic heterocycles. The van der Waals surface area contributed by atoms with E-state index in [0.717, 1.165) is 7.11 Å². The molecule has 1 rings (SSSR count). The van der Waals surface area contributed by atoms with Crippen molar-refractivity contribution in [3.8, 4) is 5.75 Å².